The summed E-state index contributed by atoms with van der Waals surface area (Å²) < 4.78 is 0. The van der Waals surface area contributed by atoms with E-state index < -0.39 is 9.85 Å². The zero-order valence-electron chi connectivity index (χ0n) is 10.9. The summed E-state index contributed by atoms with van der Waals surface area (Å²) in [7, 11) is 0. The second kappa shape index (κ2) is 6.53. The number of benzene rings is 1. The maximum Gasteiger partial charge on any atom is 0.280 e. The highest BCUT2D eigenvalue weighted by molar-refractivity contribution is 5.49. The van der Waals surface area contributed by atoms with Crippen LogP contribution >= 0.6 is 0 Å². The van der Waals surface area contributed by atoms with E-state index in [9.17, 15) is 20.2 Å². The summed E-state index contributed by atoms with van der Waals surface area (Å²) in [5.41, 5.74) is 0.847. The third kappa shape index (κ3) is 3.80. The van der Waals surface area contributed by atoms with E-state index in [1.54, 1.807) is 12.4 Å². The number of nitrogens with one attached hydrogen (secondary N) is 1. The Hall–Kier alpha value is -2.87. The molecule has 0 aliphatic rings. The van der Waals surface area contributed by atoms with Crippen LogP contribution in [0, 0.1) is 20.2 Å². The molecule has 1 aromatic heterocycles. The third-order valence-electron chi connectivity index (χ3n) is 2.87. The molecule has 0 fully saturated rings. The monoisotopic (exact) mass is 288 g/mol. The van der Waals surface area contributed by atoms with Crippen LogP contribution in [0.25, 0.3) is 0 Å². The quantitative estimate of drug-likeness (QED) is 0.644. The Bertz CT molecular complexity index is 660. The first-order chi connectivity index (χ1) is 10.1. The van der Waals surface area contributed by atoms with Crippen LogP contribution in [0.3, 0.4) is 0 Å². The minimum absolute atomic E-state index is 0.247. The summed E-state index contributed by atoms with van der Waals surface area (Å²) in [5.74, 6) is 0. The van der Waals surface area contributed by atoms with Gasteiger partial charge in [-0.25, -0.2) is 0 Å². The number of hydrogen-bond donors (Lipinski definition) is 1. The van der Waals surface area contributed by atoms with Gasteiger partial charge in [-0.15, -0.1) is 0 Å². The van der Waals surface area contributed by atoms with E-state index in [1.807, 2.05) is 12.1 Å². The second-order valence-electron chi connectivity index (χ2n) is 4.29. The largest absolute Gasteiger partial charge is 0.308 e. The molecule has 0 bridgehead atoms. The van der Waals surface area contributed by atoms with E-state index in [4.69, 9.17) is 0 Å². The van der Waals surface area contributed by atoms with Gasteiger partial charge in [-0.2, -0.15) is 0 Å². The molecule has 21 heavy (non-hydrogen) atoms. The fraction of sp³-hybridized carbons (Fsp3) is 0.154. The van der Waals surface area contributed by atoms with Crippen molar-refractivity contribution in [3.8, 4) is 0 Å². The van der Waals surface area contributed by atoms with Crippen LogP contribution in [0.4, 0.5) is 11.4 Å². The number of rotatable bonds is 6. The van der Waals surface area contributed by atoms with Crippen LogP contribution in [-0.4, -0.2) is 14.8 Å². The zero-order valence-corrected chi connectivity index (χ0v) is 10.9. The van der Waals surface area contributed by atoms with Crippen LogP contribution in [0.5, 0.6) is 0 Å². The summed E-state index contributed by atoms with van der Waals surface area (Å²) in [5, 5.41) is 24.7. The van der Waals surface area contributed by atoms with Gasteiger partial charge in [0.05, 0.1) is 15.9 Å². The van der Waals surface area contributed by atoms with E-state index in [0.717, 1.165) is 11.6 Å². The van der Waals surface area contributed by atoms with Gasteiger partial charge in [0.1, 0.15) is 0 Å². The predicted molar refractivity (Wildman–Crippen MR) is 74.5 cm³/mol. The Kier molecular flexibility index (Phi) is 4.52. The Morgan fingerprint density at radius 2 is 1.71 bits per heavy atom. The van der Waals surface area contributed by atoms with Crippen molar-refractivity contribution in [2.45, 2.75) is 13.1 Å². The van der Waals surface area contributed by atoms with Crippen LogP contribution in [0.1, 0.15) is 11.1 Å². The molecule has 1 N–H and O–H groups in total. The fourth-order valence-corrected chi connectivity index (χ4v) is 1.83. The number of hydrogen-bond acceptors (Lipinski definition) is 6. The molecular weight excluding hydrogens is 276 g/mol. The molecule has 0 atom stereocenters. The third-order valence-corrected chi connectivity index (χ3v) is 2.87. The summed E-state index contributed by atoms with van der Waals surface area (Å²) in [6.45, 7) is 0.771. The summed E-state index contributed by atoms with van der Waals surface area (Å²) in [6, 6.07) is 7.30. The number of nitrogens with zero attached hydrogens (tertiary/aromatic N) is 3. The Morgan fingerprint density at radius 1 is 1.00 bits per heavy atom. The average Bonchev–Trinajstić information content (AvgIpc) is 2.48. The Morgan fingerprint density at radius 3 is 2.33 bits per heavy atom. The van der Waals surface area contributed by atoms with Crippen molar-refractivity contribution < 1.29 is 9.85 Å². The molecule has 0 aliphatic heterocycles. The molecule has 2 aromatic rings. The van der Waals surface area contributed by atoms with Crippen LogP contribution in [0.15, 0.2) is 42.7 Å². The second-order valence-corrected chi connectivity index (χ2v) is 4.29. The first-order valence-electron chi connectivity index (χ1n) is 6.09. The van der Waals surface area contributed by atoms with E-state index in [2.05, 4.69) is 10.3 Å². The summed E-state index contributed by atoms with van der Waals surface area (Å²) in [4.78, 5) is 24.3. The van der Waals surface area contributed by atoms with Crippen LogP contribution < -0.4 is 5.32 Å². The minimum atomic E-state index is -0.652. The first kappa shape index (κ1) is 14.5. The molecular formula is C13H12N4O4. The molecule has 0 aliphatic carbocycles. The van der Waals surface area contributed by atoms with Gasteiger partial charge in [-0.3, -0.25) is 25.2 Å². The van der Waals surface area contributed by atoms with Crippen molar-refractivity contribution >= 4 is 11.4 Å². The van der Waals surface area contributed by atoms with Gasteiger partial charge in [0.2, 0.25) is 0 Å². The predicted octanol–water partition coefficient (Wildman–Crippen LogP) is 2.19. The van der Waals surface area contributed by atoms with Crippen molar-refractivity contribution in [2.24, 2.45) is 0 Å². The highest BCUT2D eigenvalue weighted by atomic mass is 16.6. The molecule has 1 aromatic carbocycles. The molecule has 0 radical (unpaired) electrons. The van der Waals surface area contributed by atoms with Crippen molar-refractivity contribution in [1.29, 1.82) is 0 Å². The fourth-order valence-electron chi connectivity index (χ4n) is 1.83. The number of nitro groups is 2. The lowest BCUT2D eigenvalue weighted by molar-refractivity contribution is -0.394. The topological polar surface area (TPSA) is 111 Å². The molecule has 8 nitrogen and oxygen atoms in total. The summed E-state index contributed by atoms with van der Waals surface area (Å²) in [6.07, 6.45) is 3.32. The van der Waals surface area contributed by atoms with Crippen molar-refractivity contribution in [3.63, 3.8) is 0 Å². The first-order valence-corrected chi connectivity index (χ1v) is 6.09. The standard InChI is InChI=1S/C13H12N4O4/c18-16(19)12-2-1-11(13(7-12)17(20)21)9-15-8-10-3-5-14-6-4-10/h1-7,15H,8-9H2. The van der Waals surface area contributed by atoms with E-state index >= 15 is 0 Å². The molecule has 0 saturated heterocycles. The number of non-ortho nitro benzene ring substituents is 1. The van der Waals surface area contributed by atoms with E-state index in [0.29, 0.717) is 12.1 Å². The highest BCUT2D eigenvalue weighted by Crippen LogP contribution is 2.24. The molecule has 8 heteroatoms. The molecule has 0 saturated carbocycles. The molecule has 0 amide bonds. The van der Waals surface area contributed by atoms with Gasteiger partial charge in [0.15, 0.2) is 0 Å². The van der Waals surface area contributed by atoms with Crippen molar-refractivity contribution in [1.82, 2.24) is 10.3 Å². The normalized spacial score (nSPS) is 10.3. The van der Waals surface area contributed by atoms with Gasteiger partial charge in [0, 0.05) is 37.1 Å². The zero-order chi connectivity index (χ0) is 15.2. The maximum atomic E-state index is 11.0. The average molecular weight is 288 g/mol. The molecule has 0 spiro atoms. The number of nitro benzene ring substituents is 2. The lowest BCUT2D eigenvalue weighted by atomic mass is 10.1. The van der Waals surface area contributed by atoms with Gasteiger partial charge in [-0.1, -0.05) is 0 Å². The Labute approximate surface area is 119 Å². The van der Waals surface area contributed by atoms with Crippen LogP contribution in [0.2, 0.25) is 0 Å². The smallest absolute Gasteiger partial charge is 0.280 e. The van der Waals surface area contributed by atoms with Gasteiger partial charge >= 0.3 is 0 Å². The van der Waals surface area contributed by atoms with Gasteiger partial charge in [0.25, 0.3) is 11.4 Å². The molecule has 2 rings (SSSR count). The van der Waals surface area contributed by atoms with Gasteiger partial charge < -0.3 is 5.32 Å². The lowest BCUT2D eigenvalue weighted by Crippen LogP contribution is -2.14. The van der Waals surface area contributed by atoms with Crippen molar-refractivity contribution in [3.05, 3.63) is 74.1 Å². The minimum Gasteiger partial charge on any atom is -0.308 e. The van der Waals surface area contributed by atoms with E-state index in [-0.39, 0.29) is 17.9 Å². The Balaban J connectivity index is 2.09. The molecule has 0 unspecified atom stereocenters. The van der Waals surface area contributed by atoms with Crippen molar-refractivity contribution in [2.75, 3.05) is 0 Å². The lowest BCUT2D eigenvalue weighted by Gasteiger charge is -2.05. The van der Waals surface area contributed by atoms with Gasteiger partial charge in [-0.05, 0) is 23.8 Å². The number of pyridine rings is 1. The SMILES string of the molecule is O=[N+]([O-])c1ccc(CNCc2ccncc2)c([N+](=O)[O-])c1. The van der Waals surface area contributed by atoms with Crippen LogP contribution in [-0.2, 0) is 13.1 Å². The molecule has 1 heterocycles. The summed E-state index contributed by atoms with van der Waals surface area (Å²) >= 11 is 0. The maximum absolute atomic E-state index is 11.0. The highest BCUT2D eigenvalue weighted by Gasteiger charge is 2.18. The number of aromatic nitrogens is 1. The molecule has 108 valence electrons. The van der Waals surface area contributed by atoms with E-state index in [1.165, 1.54) is 12.1 Å².